The van der Waals surface area contributed by atoms with Crippen LogP contribution in [0.1, 0.15) is 31.2 Å². The lowest BCUT2D eigenvalue weighted by atomic mass is 9.85. The van der Waals surface area contributed by atoms with Crippen LogP contribution in [0.25, 0.3) is 0 Å². The second-order valence-electron chi connectivity index (χ2n) is 7.40. The van der Waals surface area contributed by atoms with E-state index < -0.39 is 5.41 Å². The zero-order valence-corrected chi connectivity index (χ0v) is 14.2. The van der Waals surface area contributed by atoms with Crippen molar-refractivity contribution < 1.29 is 18.7 Å². The molecule has 5 nitrogen and oxygen atoms in total. The highest BCUT2D eigenvalue weighted by molar-refractivity contribution is 5.88. The molecule has 0 aromatic heterocycles. The number of nitrogens with zero attached hydrogens (tertiary/aromatic N) is 2. The van der Waals surface area contributed by atoms with Gasteiger partial charge in [0.1, 0.15) is 11.9 Å². The van der Waals surface area contributed by atoms with Crippen LogP contribution in [0.15, 0.2) is 24.3 Å². The van der Waals surface area contributed by atoms with E-state index in [2.05, 4.69) is 0 Å². The summed E-state index contributed by atoms with van der Waals surface area (Å²) in [7, 11) is 0. The Morgan fingerprint density at radius 1 is 1.32 bits per heavy atom. The fraction of sp³-hybridized carbons (Fsp3) is 0.579. The third-order valence-electron chi connectivity index (χ3n) is 5.73. The molecule has 0 saturated carbocycles. The minimum Gasteiger partial charge on any atom is -0.368 e. The first-order chi connectivity index (χ1) is 12.1. The van der Waals surface area contributed by atoms with Gasteiger partial charge in [0.2, 0.25) is 5.91 Å². The van der Waals surface area contributed by atoms with Crippen LogP contribution >= 0.6 is 0 Å². The third-order valence-corrected chi connectivity index (χ3v) is 5.73. The Morgan fingerprint density at radius 2 is 2.16 bits per heavy atom. The first-order valence-corrected chi connectivity index (χ1v) is 9.02. The molecule has 134 valence electrons. The first kappa shape index (κ1) is 16.5. The Morgan fingerprint density at radius 3 is 2.92 bits per heavy atom. The molecule has 3 aliphatic rings. The highest BCUT2D eigenvalue weighted by atomic mass is 19.1. The molecule has 6 heteroatoms. The zero-order valence-electron chi connectivity index (χ0n) is 14.2. The number of likely N-dealkylation sites (tertiary alicyclic amines) is 2. The van der Waals surface area contributed by atoms with Crippen LogP contribution in [0.4, 0.5) is 4.39 Å². The molecule has 0 bridgehead atoms. The van der Waals surface area contributed by atoms with Gasteiger partial charge < -0.3 is 14.5 Å². The van der Waals surface area contributed by atoms with Gasteiger partial charge in [-0.05, 0) is 43.4 Å². The maximum Gasteiger partial charge on any atom is 0.251 e. The van der Waals surface area contributed by atoms with Gasteiger partial charge in [-0.1, -0.05) is 12.1 Å². The van der Waals surface area contributed by atoms with Crippen LogP contribution in [-0.2, 0) is 20.9 Å². The molecule has 3 heterocycles. The molecule has 0 N–H and O–H groups in total. The summed E-state index contributed by atoms with van der Waals surface area (Å²) in [5, 5.41) is 0. The largest absolute Gasteiger partial charge is 0.368 e. The van der Waals surface area contributed by atoms with Gasteiger partial charge in [0.15, 0.2) is 0 Å². The molecule has 25 heavy (non-hydrogen) atoms. The topological polar surface area (TPSA) is 49.9 Å². The number of halogens is 1. The van der Waals surface area contributed by atoms with Crippen molar-refractivity contribution in [3.05, 3.63) is 35.6 Å². The molecule has 2 amide bonds. The van der Waals surface area contributed by atoms with Gasteiger partial charge in [-0.2, -0.15) is 0 Å². The van der Waals surface area contributed by atoms with Gasteiger partial charge in [-0.15, -0.1) is 0 Å². The summed E-state index contributed by atoms with van der Waals surface area (Å²) in [6.45, 7) is 2.85. The number of amides is 2. The maximum absolute atomic E-state index is 13.4. The van der Waals surface area contributed by atoms with Crippen LogP contribution in [0.2, 0.25) is 0 Å². The van der Waals surface area contributed by atoms with E-state index in [0.717, 1.165) is 24.8 Å². The molecule has 1 spiro atoms. The molecule has 2 atom stereocenters. The SMILES string of the molecule is O=C([C@H]1CCCO1)N1CC[C@]2(CCN(Cc3cccc(F)c3)C2=O)C1. The molecule has 0 radical (unpaired) electrons. The Bertz CT molecular complexity index is 689. The number of hydrogen-bond donors (Lipinski definition) is 0. The first-order valence-electron chi connectivity index (χ1n) is 9.02. The monoisotopic (exact) mass is 346 g/mol. The van der Waals surface area contributed by atoms with Crippen LogP contribution in [-0.4, -0.2) is 54.0 Å². The molecule has 1 aromatic carbocycles. The standard InChI is InChI=1S/C19H23FN2O3/c20-15-4-1-3-14(11-15)12-21-8-6-19(18(21)24)7-9-22(13-19)17(23)16-5-2-10-25-16/h1,3-4,11,16H,2,5-10,12-13H2/t16-,19-/m1/s1. The fourth-order valence-electron chi connectivity index (χ4n) is 4.31. The van der Waals surface area contributed by atoms with Gasteiger partial charge >= 0.3 is 0 Å². The average Bonchev–Trinajstić information content (AvgIpc) is 3.33. The molecule has 3 saturated heterocycles. The Kier molecular flexibility index (Phi) is 4.23. The fourth-order valence-corrected chi connectivity index (χ4v) is 4.31. The predicted octanol–water partition coefficient (Wildman–Crippen LogP) is 1.96. The summed E-state index contributed by atoms with van der Waals surface area (Å²) in [5.41, 5.74) is 0.345. The van der Waals surface area contributed by atoms with Gasteiger partial charge in [0.25, 0.3) is 5.91 Å². The van der Waals surface area contributed by atoms with E-state index in [0.29, 0.717) is 39.2 Å². The minimum absolute atomic E-state index is 0.0331. The Balaban J connectivity index is 1.42. The second kappa shape index (κ2) is 6.41. The molecule has 3 fully saturated rings. The highest BCUT2D eigenvalue weighted by Gasteiger charge is 2.52. The lowest BCUT2D eigenvalue weighted by Gasteiger charge is -2.25. The molecule has 0 unspecified atom stereocenters. The maximum atomic E-state index is 13.4. The van der Waals surface area contributed by atoms with Crippen molar-refractivity contribution in [1.82, 2.24) is 9.80 Å². The Hall–Kier alpha value is -1.95. The normalized spacial score (nSPS) is 29.2. The van der Waals surface area contributed by atoms with Crippen molar-refractivity contribution in [2.75, 3.05) is 26.2 Å². The van der Waals surface area contributed by atoms with E-state index in [4.69, 9.17) is 4.74 Å². The number of rotatable bonds is 3. The number of carbonyl (C=O) groups excluding carboxylic acids is 2. The molecular formula is C19H23FN2O3. The van der Waals surface area contributed by atoms with E-state index in [9.17, 15) is 14.0 Å². The van der Waals surface area contributed by atoms with Crippen LogP contribution in [0.3, 0.4) is 0 Å². The number of benzene rings is 1. The van der Waals surface area contributed by atoms with Crippen molar-refractivity contribution in [2.45, 2.75) is 38.3 Å². The summed E-state index contributed by atoms with van der Waals surface area (Å²) in [6, 6.07) is 6.38. The van der Waals surface area contributed by atoms with Gasteiger partial charge in [0, 0.05) is 32.8 Å². The van der Waals surface area contributed by atoms with Crippen LogP contribution in [0.5, 0.6) is 0 Å². The molecular weight excluding hydrogens is 323 g/mol. The summed E-state index contributed by atoms with van der Waals surface area (Å²) in [5.74, 6) is -0.154. The lowest BCUT2D eigenvalue weighted by molar-refractivity contribution is -0.141. The smallest absolute Gasteiger partial charge is 0.251 e. The lowest BCUT2D eigenvalue weighted by Crippen LogP contribution is -2.41. The second-order valence-corrected chi connectivity index (χ2v) is 7.40. The average molecular weight is 346 g/mol. The summed E-state index contributed by atoms with van der Waals surface area (Å²) in [4.78, 5) is 29.1. The van der Waals surface area contributed by atoms with E-state index in [-0.39, 0.29) is 23.7 Å². The number of carbonyl (C=O) groups is 2. The predicted molar refractivity (Wildman–Crippen MR) is 89.0 cm³/mol. The van der Waals surface area contributed by atoms with Crippen molar-refractivity contribution in [3.8, 4) is 0 Å². The highest BCUT2D eigenvalue weighted by Crippen LogP contribution is 2.41. The van der Waals surface area contributed by atoms with E-state index in [1.807, 2.05) is 6.07 Å². The molecule has 0 aliphatic carbocycles. The quantitative estimate of drug-likeness (QED) is 0.841. The van der Waals surface area contributed by atoms with Gasteiger partial charge in [0.05, 0.1) is 5.41 Å². The van der Waals surface area contributed by atoms with Crippen molar-refractivity contribution in [1.29, 1.82) is 0 Å². The van der Waals surface area contributed by atoms with Gasteiger partial charge in [-0.25, -0.2) is 4.39 Å². The van der Waals surface area contributed by atoms with E-state index in [1.165, 1.54) is 12.1 Å². The van der Waals surface area contributed by atoms with Crippen molar-refractivity contribution >= 4 is 11.8 Å². The molecule has 3 aliphatic heterocycles. The Labute approximate surface area is 146 Å². The third kappa shape index (κ3) is 3.03. The number of hydrogen-bond acceptors (Lipinski definition) is 3. The number of ether oxygens (including phenoxy) is 1. The van der Waals surface area contributed by atoms with Crippen LogP contribution < -0.4 is 0 Å². The summed E-state index contributed by atoms with van der Waals surface area (Å²) >= 11 is 0. The summed E-state index contributed by atoms with van der Waals surface area (Å²) < 4.78 is 18.9. The van der Waals surface area contributed by atoms with Crippen LogP contribution in [0, 0.1) is 11.2 Å². The zero-order chi connectivity index (χ0) is 17.4. The van der Waals surface area contributed by atoms with E-state index in [1.54, 1.807) is 15.9 Å². The molecule has 1 aromatic rings. The van der Waals surface area contributed by atoms with Crippen molar-refractivity contribution in [2.24, 2.45) is 5.41 Å². The molecule has 4 rings (SSSR count). The van der Waals surface area contributed by atoms with E-state index >= 15 is 0 Å². The van der Waals surface area contributed by atoms with Gasteiger partial charge in [-0.3, -0.25) is 9.59 Å². The summed E-state index contributed by atoms with van der Waals surface area (Å²) in [6.07, 6.45) is 2.85. The van der Waals surface area contributed by atoms with Crippen molar-refractivity contribution in [3.63, 3.8) is 0 Å². The minimum atomic E-state index is -0.457.